The first-order valence-electron chi connectivity index (χ1n) is 8.56. The van der Waals surface area contributed by atoms with Crippen molar-refractivity contribution < 1.29 is 14.6 Å². The first-order chi connectivity index (χ1) is 13.0. The van der Waals surface area contributed by atoms with Gasteiger partial charge in [0.15, 0.2) is 0 Å². The highest BCUT2D eigenvalue weighted by molar-refractivity contribution is 6.31. The van der Waals surface area contributed by atoms with Gasteiger partial charge in [0.05, 0.1) is 5.56 Å². The molecule has 2 N–H and O–H groups in total. The van der Waals surface area contributed by atoms with E-state index in [1.807, 2.05) is 55.5 Å². The predicted molar refractivity (Wildman–Crippen MR) is 108 cm³/mol. The summed E-state index contributed by atoms with van der Waals surface area (Å²) in [5.74, 6) is -0.141. The average Bonchev–Trinajstić information content (AvgIpc) is 2.67. The number of carbonyl (C=O) groups is 1. The molecule has 0 unspecified atom stereocenters. The summed E-state index contributed by atoms with van der Waals surface area (Å²) >= 11 is 6.13. The van der Waals surface area contributed by atoms with Crippen molar-refractivity contribution in [2.45, 2.75) is 20.1 Å². The highest BCUT2D eigenvalue weighted by Crippen LogP contribution is 2.21. The van der Waals surface area contributed by atoms with E-state index in [2.05, 4.69) is 5.32 Å². The van der Waals surface area contributed by atoms with Gasteiger partial charge in [-0.1, -0.05) is 41.9 Å². The van der Waals surface area contributed by atoms with Crippen LogP contribution in [0.2, 0.25) is 5.02 Å². The van der Waals surface area contributed by atoms with Crippen molar-refractivity contribution >= 4 is 23.3 Å². The lowest BCUT2D eigenvalue weighted by molar-refractivity contribution is 0.0697. The average molecular weight is 382 g/mol. The Labute approximate surface area is 163 Å². The second-order valence-electron chi connectivity index (χ2n) is 6.21. The minimum Gasteiger partial charge on any atom is -0.489 e. The van der Waals surface area contributed by atoms with Crippen LogP contribution < -0.4 is 10.1 Å². The third kappa shape index (κ3) is 5.02. The van der Waals surface area contributed by atoms with Crippen LogP contribution in [0.1, 0.15) is 27.0 Å². The van der Waals surface area contributed by atoms with E-state index < -0.39 is 5.97 Å². The van der Waals surface area contributed by atoms with E-state index in [-0.39, 0.29) is 5.56 Å². The van der Waals surface area contributed by atoms with E-state index in [0.29, 0.717) is 18.2 Å². The molecule has 0 heterocycles. The Morgan fingerprint density at radius 3 is 2.48 bits per heavy atom. The standard InChI is InChI=1S/C22H20ClNO3/c1-15-12-17(22(25)26)8-11-21(15)24-13-16-6-9-19(10-7-16)27-14-18-4-2-3-5-20(18)23/h2-12,24H,13-14H2,1H3,(H,25,26). The molecule has 0 aliphatic carbocycles. The summed E-state index contributed by atoms with van der Waals surface area (Å²) in [5.41, 5.74) is 4.15. The van der Waals surface area contributed by atoms with Crippen molar-refractivity contribution in [2.24, 2.45) is 0 Å². The monoisotopic (exact) mass is 381 g/mol. The number of carboxylic acid groups (broad SMARTS) is 1. The minimum absolute atomic E-state index is 0.290. The van der Waals surface area contributed by atoms with Gasteiger partial charge >= 0.3 is 5.97 Å². The van der Waals surface area contributed by atoms with Gasteiger partial charge in [-0.3, -0.25) is 0 Å². The van der Waals surface area contributed by atoms with Crippen LogP contribution in [0.15, 0.2) is 66.7 Å². The summed E-state index contributed by atoms with van der Waals surface area (Å²) < 4.78 is 5.78. The normalized spacial score (nSPS) is 10.4. The molecule has 0 bridgehead atoms. The van der Waals surface area contributed by atoms with E-state index in [0.717, 1.165) is 28.1 Å². The van der Waals surface area contributed by atoms with Gasteiger partial charge in [-0.05, 0) is 54.4 Å². The van der Waals surface area contributed by atoms with Crippen LogP contribution >= 0.6 is 11.6 Å². The van der Waals surface area contributed by atoms with Crippen LogP contribution in [0.25, 0.3) is 0 Å². The zero-order valence-electron chi connectivity index (χ0n) is 14.9. The number of benzene rings is 3. The number of rotatable bonds is 7. The van der Waals surface area contributed by atoms with E-state index in [1.165, 1.54) is 0 Å². The van der Waals surface area contributed by atoms with Crippen molar-refractivity contribution in [1.82, 2.24) is 0 Å². The Morgan fingerprint density at radius 2 is 1.81 bits per heavy atom. The maximum atomic E-state index is 11.0. The number of carboxylic acids is 1. The molecule has 138 valence electrons. The second-order valence-corrected chi connectivity index (χ2v) is 6.62. The molecule has 3 rings (SSSR count). The van der Waals surface area contributed by atoms with Crippen molar-refractivity contribution in [1.29, 1.82) is 0 Å². The fraction of sp³-hybridized carbons (Fsp3) is 0.136. The van der Waals surface area contributed by atoms with Gasteiger partial charge in [-0.2, -0.15) is 0 Å². The van der Waals surface area contributed by atoms with E-state index in [1.54, 1.807) is 18.2 Å². The van der Waals surface area contributed by atoms with Crippen molar-refractivity contribution in [3.05, 3.63) is 94.0 Å². The summed E-state index contributed by atoms with van der Waals surface area (Å²) in [6.07, 6.45) is 0. The quantitative estimate of drug-likeness (QED) is 0.564. The molecular weight excluding hydrogens is 362 g/mol. The van der Waals surface area contributed by atoms with Crippen LogP contribution in [-0.4, -0.2) is 11.1 Å². The second kappa shape index (κ2) is 8.60. The Bertz CT molecular complexity index is 939. The fourth-order valence-corrected chi connectivity index (χ4v) is 2.86. The number of ether oxygens (including phenoxy) is 1. The molecular formula is C22H20ClNO3. The maximum Gasteiger partial charge on any atom is 0.335 e. The Hall–Kier alpha value is -2.98. The lowest BCUT2D eigenvalue weighted by atomic mass is 10.1. The van der Waals surface area contributed by atoms with Gasteiger partial charge in [-0.25, -0.2) is 4.79 Å². The van der Waals surface area contributed by atoms with Gasteiger partial charge in [-0.15, -0.1) is 0 Å². The first-order valence-corrected chi connectivity index (χ1v) is 8.93. The lowest BCUT2D eigenvalue weighted by Crippen LogP contribution is -2.03. The van der Waals surface area contributed by atoms with Gasteiger partial charge in [0.2, 0.25) is 0 Å². The number of halogens is 1. The zero-order chi connectivity index (χ0) is 19.2. The van der Waals surface area contributed by atoms with Gasteiger partial charge in [0, 0.05) is 22.8 Å². The molecule has 4 nitrogen and oxygen atoms in total. The molecule has 3 aromatic carbocycles. The van der Waals surface area contributed by atoms with Crippen LogP contribution in [0.3, 0.4) is 0 Å². The third-order valence-corrected chi connectivity index (χ3v) is 4.60. The Balaban J connectivity index is 1.56. The molecule has 0 amide bonds. The molecule has 5 heteroatoms. The van der Waals surface area contributed by atoms with Crippen molar-refractivity contribution in [3.8, 4) is 5.75 Å². The summed E-state index contributed by atoms with van der Waals surface area (Å²) in [4.78, 5) is 11.0. The Kier molecular flexibility index (Phi) is 5.99. The molecule has 3 aromatic rings. The highest BCUT2D eigenvalue weighted by Gasteiger charge is 2.06. The molecule has 0 atom stereocenters. The van der Waals surface area contributed by atoms with Gasteiger partial charge in [0.25, 0.3) is 0 Å². The van der Waals surface area contributed by atoms with Gasteiger partial charge < -0.3 is 15.2 Å². The highest BCUT2D eigenvalue weighted by atomic mass is 35.5. The number of nitrogens with one attached hydrogen (secondary N) is 1. The molecule has 0 aromatic heterocycles. The molecule has 27 heavy (non-hydrogen) atoms. The third-order valence-electron chi connectivity index (χ3n) is 4.23. The molecule has 0 fully saturated rings. The summed E-state index contributed by atoms with van der Waals surface area (Å²) in [7, 11) is 0. The number of anilines is 1. The minimum atomic E-state index is -0.919. The molecule has 0 radical (unpaired) electrons. The largest absolute Gasteiger partial charge is 0.489 e. The molecule has 0 spiro atoms. The smallest absolute Gasteiger partial charge is 0.335 e. The Morgan fingerprint density at radius 1 is 1.07 bits per heavy atom. The molecule has 0 aliphatic heterocycles. The topological polar surface area (TPSA) is 58.6 Å². The zero-order valence-corrected chi connectivity index (χ0v) is 15.7. The molecule has 0 saturated heterocycles. The maximum absolute atomic E-state index is 11.0. The van der Waals surface area contributed by atoms with Crippen molar-refractivity contribution in [2.75, 3.05) is 5.32 Å². The van der Waals surface area contributed by atoms with Crippen LogP contribution in [0.5, 0.6) is 5.75 Å². The lowest BCUT2D eigenvalue weighted by Gasteiger charge is -2.11. The summed E-state index contributed by atoms with van der Waals surface area (Å²) in [6.45, 7) is 2.95. The molecule has 0 saturated carbocycles. The van der Waals surface area contributed by atoms with Crippen molar-refractivity contribution in [3.63, 3.8) is 0 Å². The summed E-state index contributed by atoms with van der Waals surface area (Å²) in [5, 5.41) is 13.1. The first kappa shape index (κ1) is 18.8. The SMILES string of the molecule is Cc1cc(C(=O)O)ccc1NCc1ccc(OCc2ccccc2Cl)cc1. The van der Waals surface area contributed by atoms with Crippen LogP contribution in [-0.2, 0) is 13.2 Å². The predicted octanol–water partition coefficient (Wildman–Crippen LogP) is 5.54. The van der Waals surface area contributed by atoms with E-state index in [4.69, 9.17) is 21.4 Å². The van der Waals surface area contributed by atoms with E-state index >= 15 is 0 Å². The summed E-state index contributed by atoms with van der Waals surface area (Å²) in [6, 6.07) is 20.5. The number of hydrogen-bond donors (Lipinski definition) is 2. The van der Waals surface area contributed by atoms with Gasteiger partial charge in [0.1, 0.15) is 12.4 Å². The fourth-order valence-electron chi connectivity index (χ4n) is 2.67. The van der Waals surface area contributed by atoms with Crippen LogP contribution in [0, 0.1) is 6.92 Å². The van der Waals surface area contributed by atoms with Crippen LogP contribution in [0.4, 0.5) is 5.69 Å². The number of aromatic carboxylic acids is 1. The molecule has 0 aliphatic rings. The number of hydrogen-bond acceptors (Lipinski definition) is 3. The number of aryl methyl sites for hydroxylation is 1. The van der Waals surface area contributed by atoms with E-state index in [9.17, 15) is 4.79 Å².